The van der Waals surface area contributed by atoms with Gasteiger partial charge in [-0.05, 0) is 55.5 Å². The van der Waals surface area contributed by atoms with Crippen molar-refractivity contribution in [2.45, 2.75) is 6.92 Å². The number of ether oxygens (including phenoxy) is 2. The van der Waals surface area contributed by atoms with Crippen LogP contribution in [0.2, 0.25) is 0 Å². The number of carbonyl (C=O) groups excluding carboxylic acids is 1. The van der Waals surface area contributed by atoms with Crippen LogP contribution in [0.4, 0.5) is 5.69 Å². The predicted molar refractivity (Wildman–Crippen MR) is 99.9 cm³/mol. The fraction of sp³-hybridized carbons (Fsp3) is 0.0952. The van der Waals surface area contributed by atoms with Crippen molar-refractivity contribution in [3.05, 3.63) is 78.4 Å². The van der Waals surface area contributed by atoms with Gasteiger partial charge in [0, 0.05) is 0 Å². The largest absolute Gasteiger partial charge is 0.506 e. The number of benzene rings is 3. The molecule has 0 unspecified atom stereocenters. The normalized spacial score (nSPS) is 10.2. The molecule has 0 saturated heterocycles. The van der Waals surface area contributed by atoms with E-state index in [-0.39, 0.29) is 18.3 Å². The topological polar surface area (TPSA) is 67.8 Å². The fourth-order valence-corrected chi connectivity index (χ4v) is 2.26. The van der Waals surface area contributed by atoms with Gasteiger partial charge in [0.15, 0.2) is 6.61 Å². The minimum absolute atomic E-state index is 0.0125. The maximum absolute atomic E-state index is 11.9. The molecule has 0 bridgehead atoms. The highest BCUT2D eigenvalue weighted by molar-refractivity contribution is 5.93. The molecule has 0 aromatic heterocycles. The molecule has 132 valence electrons. The number of phenols is 1. The molecule has 0 atom stereocenters. The number of rotatable bonds is 6. The monoisotopic (exact) mass is 349 g/mol. The van der Waals surface area contributed by atoms with E-state index in [0.717, 1.165) is 5.75 Å². The lowest BCUT2D eigenvalue weighted by atomic mass is 10.2. The highest BCUT2D eigenvalue weighted by Crippen LogP contribution is 2.24. The average molecular weight is 349 g/mol. The van der Waals surface area contributed by atoms with Gasteiger partial charge >= 0.3 is 0 Å². The number of carbonyl (C=O) groups is 1. The lowest BCUT2D eigenvalue weighted by molar-refractivity contribution is -0.118. The van der Waals surface area contributed by atoms with Gasteiger partial charge in [-0.1, -0.05) is 29.8 Å². The molecule has 1 amide bonds. The zero-order valence-electron chi connectivity index (χ0n) is 14.3. The van der Waals surface area contributed by atoms with Crippen LogP contribution >= 0.6 is 0 Å². The zero-order chi connectivity index (χ0) is 18.4. The molecule has 0 aliphatic rings. The van der Waals surface area contributed by atoms with Crippen LogP contribution < -0.4 is 14.8 Å². The van der Waals surface area contributed by atoms with Gasteiger partial charge in [0.1, 0.15) is 23.0 Å². The highest BCUT2D eigenvalue weighted by Gasteiger charge is 2.07. The fourth-order valence-electron chi connectivity index (χ4n) is 2.26. The van der Waals surface area contributed by atoms with Crippen molar-refractivity contribution in [3.63, 3.8) is 0 Å². The molecular formula is C21H19NO4. The summed E-state index contributed by atoms with van der Waals surface area (Å²) in [6.07, 6.45) is 0. The van der Waals surface area contributed by atoms with E-state index in [9.17, 15) is 9.90 Å². The van der Waals surface area contributed by atoms with Crippen LogP contribution in [-0.2, 0) is 4.79 Å². The van der Waals surface area contributed by atoms with E-state index >= 15 is 0 Å². The van der Waals surface area contributed by atoms with Crippen molar-refractivity contribution in [1.82, 2.24) is 0 Å². The first-order chi connectivity index (χ1) is 12.6. The molecule has 0 aliphatic carbocycles. The van der Waals surface area contributed by atoms with Crippen molar-refractivity contribution in [2.75, 3.05) is 11.9 Å². The quantitative estimate of drug-likeness (QED) is 0.643. The molecule has 0 saturated carbocycles. The molecule has 0 spiro atoms. The Morgan fingerprint density at radius 2 is 1.46 bits per heavy atom. The number of phenolic OH excluding ortho intramolecular Hbond substituents is 1. The SMILES string of the molecule is Cc1ccc(Oc2ccc(OCC(=O)Nc3ccccc3O)cc2)cc1. The maximum Gasteiger partial charge on any atom is 0.262 e. The van der Waals surface area contributed by atoms with Gasteiger partial charge in [0.05, 0.1) is 5.69 Å². The number of hydrogen-bond acceptors (Lipinski definition) is 4. The minimum Gasteiger partial charge on any atom is -0.506 e. The first-order valence-corrected chi connectivity index (χ1v) is 8.15. The third kappa shape index (κ3) is 4.77. The Hall–Kier alpha value is -3.47. The van der Waals surface area contributed by atoms with Gasteiger partial charge in [0.2, 0.25) is 0 Å². The zero-order valence-corrected chi connectivity index (χ0v) is 14.3. The number of para-hydroxylation sites is 2. The van der Waals surface area contributed by atoms with Crippen molar-refractivity contribution < 1.29 is 19.4 Å². The summed E-state index contributed by atoms with van der Waals surface area (Å²) in [5, 5.41) is 12.2. The highest BCUT2D eigenvalue weighted by atomic mass is 16.5. The lowest BCUT2D eigenvalue weighted by Gasteiger charge is -2.10. The number of aromatic hydroxyl groups is 1. The summed E-state index contributed by atoms with van der Waals surface area (Å²) in [5.41, 5.74) is 1.52. The molecule has 2 N–H and O–H groups in total. The summed E-state index contributed by atoms with van der Waals surface area (Å²) in [6.45, 7) is 1.86. The van der Waals surface area contributed by atoms with Gasteiger partial charge in [-0.2, -0.15) is 0 Å². The van der Waals surface area contributed by atoms with Crippen LogP contribution in [0.15, 0.2) is 72.8 Å². The second-order valence-corrected chi connectivity index (χ2v) is 5.74. The Bertz CT molecular complexity index is 873. The Kier molecular flexibility index (Phi) is 5.39. The molecule has 26 heavy (non-hydrogen) atoms. The first kappa shape index (κ1) is 17.4. The van der Waals surface area contributed by atoms with Gasteiger partial charge in [-0.25, -0.2) is 0 Å². The standard InChI is InChI=1S/C21H19NO4/c1-15-6-8-17(9-7-15)26-18-12-10-16(11-13-18)25-14-21(24)22-19-4-2-3-5-20(19)23/h2-13,23H,14H2,1H3,(H,22,24). The van der Waals surface area contributed by atoms with E-state index < -0.39 is 0 Å². The third-order valence-electron chi connectivity index (χ3n) is 3.63. The van der Waals surface area contributed by atoms with E-state index in [1.165, 1.54) is 11.6 Å². The average Bonchev–Trinajstić information content (AvgIpc) is 2.65. The molecule has 0 aliphatic heterocycles. The number of amides is 1. The number of anilines is 1. The van der Waals surface area contributed by atoms with Gasteiger partial charge in [0.25, 0.3) is 5.91 Å². The van der Waals surface area contributed by atoms with Gasteiger partial charge < -0.3 is 19.9 Å². The second-order valence-electron chi connectivity index (χ2n) is 5.74. The van der Waals surface area contributed by atoms with Crippen molar-refractivity contribution in [1.29, 1.82) is 0 Å². The van der Waals surface area contributed by atoms with Gasteiger partial charge in [-0.3, -0.25) is 4.79 Å². The third-order valence-corrected chi connectivity index (χ3v) is 3.63. The molecule has 0 fully saturated rings. The number of aryl methyl sites for hydroxylation is 1. The summed E-state index contributed by atoms with van der Waals surface area (Å²) >= 11 is 0. The molecule has 3 aromatic carbocycles. The molecule has 5 heteroatoms. The Morgan fingerprint density at radius 1 is 0.885 bits per heavy atom. The maximum atomic E-state index is 11.9. The first-order valence-electron chi connectivity index (χ1n) is 8.15. The number of hydrogen-bond donors (Lipinski definition) is 2. The van der Waals surface area contributed by atoms with Crippen molar-refractivity contribution >= 4 is 11.6 Å². The molecule has 5 nitrogen and oxygen atoms in total. The van der Waals surface area contributed by atoms with E-state index in [1.54, 1.807) is 42.5 Å². The Morgan fingerprint density at radius 3 is 2.12 bits per heavy atom. The van der Waals surface area contributed by atoms with Crippen LogP contribution in [0.25, 0.3) is 0 Å². The van der Waals surface area contributed by atoms with E-state index in [4.69, 9.17) is 9.47 Å². The summed E-state index contributed by atoms with van der Waals surface area (Å²) in [6, 6.07) is 21.3. The molecule has 0 radical (unpaired) electrons. The smallest absolute Gasteiger partial charge is 0.262 e. The van der Waals surface area contributed by atoms with Gasteiger partial charge in [-0.15, -0.1) is 0 Å². The summed E-state index contributed by atoms with van der Waals surface area (Å²) in [5.74, 6) is 1.64. The molecule has 0 heterocycles. The second kappa shape index (κ2) is 8.07. The summed E-state index contributed by atoms with van der Waals surface area (Å²) in [4.78, 5) is 11.9. The molecular weight excluding hydrogens is 330 g/mol. The van der Waals surface area contributed by atoms with E-state index in [1.807, 2.05) is 31.2 Å². The van der Waals surface area contributed by atoms with Crippen LogP contribution in [0.5, 0.6) is 23.0 Å². The van der Waals surface area contributed by atoms with Crippen LogP contribution in [-0.4, -0.2) is 17.6 Å². The molecule has 3 aromatic rings. The summed E-state index contributed by atoms with van der Waals surface area (Å²) < 4.78 is 11.2. The Balaban J connectivity index is 1.52. The van der Waals surface area contributed by atoms with Crippen LogP contribution in [0, 0.1) is 6.92 Å². The van der Waals surface area contributed by atoms with E-state index in [0.29, 0.717) is 17.2 Å². The number of nitrogens with one attached hydrogen (secondary N) is 1. The van der Waals surface area contributed by atoms with Crippen molar-refractivity contribution in [3.8, 4) is 23.0 Å². The minimum atomic E-state index is -0.355. The van der Waals surface area contributed by atoms with Crippen LogP contribution in [0.3, 0.4) is 0 Å². The summed E-state index contributed by atoms with van der Waals surface area (Å²) in [7, 11) is 0. The predicted octanol–water partition coefficient (Wildman–Crippen LogP) is 4.51. The van der Waals surface area contributed by atoms with E-state index in [2.05, 4.69) is 5.32 Å². The molecule has 3 rings (SSSR count). The van der Waals surface area contributed by atoms with Crippen molar-refractivity contribution in [2.24, 2.45) is 0 Å². The van der Waals surface area contributed by atoms with Crippen LogP contribution in [0.1, 0.15) is 5.56 Å². The lowest BCUT2D eigenvalue weighted by Crippen LogP contribution is -2.20. The Labute approximate surface area is 151 Å².